The number of carbonyl (C=O) groups is 1. The molecule has 0 aromatic rings. The summed E-state index contributed by atoms with van der Waals surface area (Å²) in [5, 5.41) is 10.3. The molecule has 0 saturated heterocycles. The molecule has 0 radical (unpaired) electrons. The van der Waals surface area contributed by atoms with E-state index < -0.39 is 0 Å². The van der Waals surface area contributed by atoms with Crippen LogP contribution in [0.5, 0.6) is 0 Å². The molecule has 0 aromatic carbocycles. The van der Waals surface area contributed by atoms with E-state index in [2.05, 4.69) is 20.4 Å². The molecular formula is C5H2N4O. The number of ketones is 1. The monoisotopic (exact) mass is 134 g/mol. The molecule has 0 unspecified atom stereocenters. The predicted octanol–water partition coefficient (Wildman–Crippen LogP) is 0.303. The van der Waals surface area contributed by atoms with E-state index in [1.807, 2.05) is 0 Å². The van der Waals surface area contributed by atoms with Gasteiger partial charge in [-0.1, -0.05) is 0 Å². The number of hydrogen-bond donors (Lipinski definition) is 0. The maximum Gasteiger partial charge on any atom is 0.211 e. The fraction of sp³-hybridized carbons (Fsp3) is 0. The third-order valence-electron chi connectivity index (χ3n) is 1.15. The fourth-order valence-corrected chi connectivity index (χ4v) is 0.702. The van der Waals surface area contributed by atoms with Crippen LogP contribution in [0.1, 0.15) is 0 Å². The SMILES string of the molecule is O=C1C=CN=C2N=NN=C12. The minimum absolute atomic E-state index is 0.185. The van der Waals surface area contributed by atoms with E-state index in [0.29, 0.717) is 5.84 Å². The minimum Gasteiger partial charge on any atom is -0.287 e. The molecule has 0 saturated carbocycles. The van der Waals surface area contributed by atoms with Crippen molar-refractivity contribution in [1.29, 1.82) is 0 Å². The number of rotatable bonds is 0. The third-order valence-corrected chi connectivity index (χ3v) is 1.15. The fourth-order valence-electron chi connectivity index (χ4n) is 0.702. The molecule has 2 aliphatic heterocycles. The first-order chi connectivity index (χ1) is 4.88. The van der Waals surface area contributed by atoms with Crippen LogP contribution in [0.4, 0.5) is 0 Å². The number of nitrogens with zero attached hydrogens (tertiary/aromatic N) is 4. The predicted molar refractivity (Wildman–Crippen MR) is 33.9 cm³/mol. The van der Waals surface area contributed by atoms with Crippen LogP contribution < -0.4 is 0 Å². The van der Waals surface area contributed by atoms with Gasteiger partial charge in [0.25, 0.3) is 0 Å². The van der Waals surface area contributed by atoms with Gasteiger partial charge in [-0.2, -0.15) is 0 Å². The molecule has 5 heteroatoms. The van der Waals surface area contributed by atoms with Crippen molar-refractivity contribution in [1.82, 2.24) is 0 Å². The van der Waals surface area contributed by atoms with Crippen molar-refractivity contribution in [2.45, 2.75) is 0 Å². The van der Waals surface area contributed by atoms with Gasteiger partial charge in [0.05, 0.1) is 0 Å². The molecule has 0 spiro atoms. The van der Waals surface area contributed by atoms with Crippen LogP contribution in [0.2, 0.25) is 0 Å². The summed E-state index contributed by atoms with van der Waals surface area (Å²) in [6.07, 6.45) is 2.72. The highest BCUT2D eigenvalue weighted by atomic mass is 16.1. The normalized spacial score (nSPS) is 20.6. The van der Waals surface area contributed by atoms with Crippen molar-refractivity contribution in [3.8, 4) is 0 Å². The summed E-state index contributed by atoms with van der Waals surface area (Å²) in [5.41, 5.74) is 0.238. The highest BCUT2D eigenvalue weighted by Gasteiger charge is 2.22. The van der Waals surface area contributed by atoms with Crippen LogP contribution in [0.15, 0.2) is 32.7 Å². The molecule has 0 fully saturated rings. The zero-order chi connectivity index (χ0) is 6.97. The van der Waals surface area contributed by atoms with Gasteiger partial charge >= 0.3 is 0 Å². The first-order valence-electron chi connectivity index (χ1n) is 2.66. The molecule has 0 N–H and O–H groups in total. The molecule has 0 aliphatic carbocycles. The Labute approximate surface area is 55.9 Å². The van der Waals surface area contributed by atoms with Crippen molar-refractivity contribution in [2.24, 2.45) is 20.4 Å². The maximum absolute atomic E-state index is 10.9. The smallest absolute Gasteiger partial charge is 0.211 e. The number of carbonyl (C=O) groups excluding carboxylic acids is 1. The van der Waals surface area contributed by atoms with Crippen molar-refractivity contribution >= 4 is 17.3 Å². The molecule has 2 rings (SSSR count). The second kappa shape index (κ2) is 1.66. The molecular weight excluding hydrogens is 132 g/mol. The molecule has 48 valence electrons. The summed E-state index contributed by atoms with van der Waals surface area (Å²) in [6, 6.07) is 0. The molecule has 0 amide bonds. The average Bonchev–Trinajstić information content (AvgIpc) is 2.36. The lowest BCUT2D eigenvalue weighted by Crippen LogP contribution is -2.20. The minimum atomic E-state index is -0.185. The summed E-state index contributed by atoms with van der Waals surface area (Å²) in [6.45, 7) is 0. The zero-order valence-electron chi connectivity index (χ0n) is 4.85. The molecule has 2 aliphatic rings. The number of aliphatic imine (C=N–C) groups is 1. The summed E-state index contributed by atoms with van der Waals surface area (Å²) >= 11 is 0. The Balaban J connectivity index is 2.54. The lowest BCUT2D eigenvalue weighted by atomic mass is 10.2. The van der Waals surface area contributed by atoms with E-state index in [-0.39, 0.29) is 11.5 Å². The van der Waals surface area contributed by atoms with E-state index in [1.54, 1.807) is 0 Å². The van der Waals surface area contributed by atoms with E-state index >= 15 is 0 Å². The molecule has 0 bridgehead atoms. The highest BCUT2D eigenvalue weighted by molar-refractivity contribution is 6.70. The van der Waals surface area contributed by atoms with Crippen LogP contribution >= 0.6 is 0 Å². The van der Waals surface area contributed by atoms with Gasteiger partial charge in [-0.15, -0.1) is 10.2 Å². The summed E-state index contributed by atoms with van der Waals surface area (Å²) < 4.78 is 0. The van der Waals surface area contributed by atoms with Crippen molar-refractivity contribution in [3.05, 3.63) is 12.3 Å². The Bertz CT molecular complexity index is 304. The Morgan fingerprint density at radius 3 is 3.10 bits per heavy atom. The first kappa shape index (κ1) is 5.16. The van der Waals surface area contributed by atoms with Gasteiger partial charge in [0.15, 0.2) is 5.71 Å². The van der Waals surface area contributed by atoms with E-state index in [0.717, 1.165) is 0 Å². The standard InChI is InChI=1S/C5H2N4O/c10-3-1-2-6-5-4(3)7-9-8-5/h1-2H. The number of hydrogen-bond acceptors (Lipinski definition) is 5. The van der Waals surface area contributed by atoms with E-state index in [9.17, 15) is 4.79 Å². The largest absolute Gasteiger partial charge is 0.287 e. The summed E-state index contributed by atoms with van der Waals surface area (Å²) in [5.74, 6) is 0.127. The van der Waals surface area contributed by atoms with Crippen LogP contribution in [-0.4, -0.2) is 17.3 Å². The van der Waals surface area contributed by atoms with Crippen molar-refractivity contribution in [3.63, 3.8) is 0 Å². The highest BCUT2D eigenvalue weighted by Crippen LogP contribution is 2.05. The second-order valence-corrected chi connectivity index (χ2v) is 1.77. The number of fused-ring (bicyclic) bond motifs is 1. The quantitative estimate of drug-likeness (QED) is 0.469. The van der Waals surface area contributed by atoms with Crippen LogP contribution in [-0.2, 0) is 4.79 Å². The van der Waals surface area contributed by atoms with Gasteiger partial charge in [0, 0.05) is 12.3 Å². The number of allylic oxidation sites excluding steroid dienone is 1. The van der Waals surface area contributed by atoms with Crippen molar-refractivity contribution in [2.75, 3.05) is 0 Å². The van der Waals surface area contributed by atoms with Gasteiger partial charge in [0.2, 0.25) is 11.6 Å². The molecule has 0 aromatic heterocycles. The molecule has 10 heavy (non-hydrogen) atoms. The summed E-state index contributed by atoms with van der Waals surface area (Å²) in [7, 11) is 0. The van der Waals surface area contributed by atoms with Crippen LogP contribution in [0.3, 0.4) is 0 Å². The maximum atomic E-state index is 10.9. The van der Waals surface area contributed by atoms with Crippen LogP contribution in [0, 0.1) is 0 Å². The van der Waals surface area contributed by atoms with E-state index in [4.69, 9.17) is 0 Å². The van der Waals surface area contributed by atoms with Gasteiger partial charge in [-0.25, -0.2) is 4.99 Å². The Morgan fingerprint density at radius 2 is 2.30 bits per heavy atom. The van der Waals surface area contributed by atoms with Gasteiger partial charge in [0.1, 0.15) is 0 Å². The molecule has 0 atom stereocenters. The zero-order valence-corrected chi connectivity index (χ0v) is 4.85. The van der Waals surface area contributed by atoms with Crippen molar-refractivity contribution < 1.29 is 4.79 Å². The third kappa shape index (κ3) is 0.540. The molecule has 5 nitrogen and oxygen atoms in total. The second-order valence-electron chi connectivity index (χ2n) is 1.77. The lowest BCUT2D eigenvalue weighted by molar-refractivity contribution is -0.108. The number of amidine groups is 1. The van der Waals surface area contributed by atoms with Gasteiger partial charge in [-0.3, -0.25) is 4.79 Å². The summed E-state index contributed by atoms with van der Waals surface area (Å²) in [4.78, 5) is 14.6. The Kier molecular flexibility index (Phi) is 0.858. The molecule has 2 heterocycles. The van der Waals surface area contributed by atoms with E-state index in [1.165, 1.54) is 12.3 Å². The Morgan fingerprint density at radius 1 is 1.40 bits per heavy atom. The van der Waals surface area contributed by atoms with Crippen LogP contribution in [0.25, 0.3) is 0 Å². The Hall–Kier alpha value is -1.65. The first-order valence-corrected chi connectivity index (χ1v) is 2.66. The van der Waals surface area contributed by atoms with Gasteiger partial charge < -0.3 is 0 Å². The lowest BCUT2D eigenvalue weighted by Gasteiger charge is -1.95. The average molecular weight is 134 g/mol. The van der Waals surface area contributed by atoms with Gasteiger partial charge in [-0.05, 0) is 5.22 Å². The topological polar surface area (TPSA) is 66.5 Å².